The molecule has 2 rings (SSSR count). The van der Waals surface area contributed by atoms with Crippen molar-refractivity contribution in [2.75, 3.05) is 13.1 Å². The first-order valence-corrected chi connectivity index (χ1v) is 7.50. The van der Waals surface area contributed by atoms with Crippen molar-refractivity contribution in [1.82, 2.24) is 14.5 Å². The number of nitrogens with zero attached hydrogens (tertiary/aromatic N) is 2. The maximum absolute atomic E-state index is 12.5. The minimum Gasteiger partial charge on any atom is -0.550 e. The number of piperidine rings is 1. The zero-order valence-electron chi connectivity index (χ0n) is 10.8. The van der Waals surface area contributed by atoms with Crippen molar-refractivity contribution in [3.8, 4) is 0 Å². The van der Waals surface area contributed by atoms with Crippen LogP contribution in [0.3, 0.4) is 0 Å². The second-order valence-corrected chi connectivity index (χ2v) is 6.66. The Morgan fingerprint density at radius 1 is 1.47 bits per heavy atom. The van der Waals surface area contributed by atoms with Crippen molar-refractivity contribution in [1.29, 1.82) is 0 Å². The van der Waals surface area contributed by atoms with Crippen LogP contribution in [0.5, 0.6) is 0 Å². The van der Waals surface area contributed by atoms with Crippen molar-refractivity contribution in [2.45, 2.75) is 31.6 Å². The fourth-order valence-corrected chi connectivity index (χ4v) is 4.26. The van der Waals surface area contributed by atoms with E-state index in [0.29, 0.717) is 30.8 Å². The smallest absolute Gasteiger partial charge is 0.246 e. The van der Waals surface area contributed by atoms with Gasteiger partial charge in [0.2, 0.25) is 10.0 Å². The van der Waals surface area contributed by atoms with E-state index in [-0.39, 0.29) is 11.4 Å². The Morgan fingerprint density at radius 3 is 2.68 bits per heavy atom. The Morgan fingerprint density at radius 2 is 2.16 bits per heavy atom. The highest BCUT2D eigenvalue weighted by atomic mass is 32.2. The molecule has 106 valence electrons. The summed E-state index contributed by atoms with van der Waals surface area (Å²) in [5.74, 6) is -1.93. The number of carboxylic acids is 1. The van der Waals surface area contributed by atoms with Crippen molar-refractivity contribution < 1.29 is 18.3 Å². The van der Waals surface area contributed by atoms with E-state index in [1.165, 1.54) is 4.31 Å². The molecule has 1 aliphatic rings. The van der Waals surface area contributed by atoms with Crippen LogP contribution in [-0.2, 0) is 14.8 Å². The molecule has 0 saturated carbocycles. The molecular formula is C11H16N3O4S-. The molecule has 1 aromatic heterocycles. The number of carboxylic acid groups (broad SMARTS) is 1. The van der Waals surface area contributed by atoms with Gasteiger partial charge < -0.3 is 9.90 Å². The first-order chi connectivity index (χ1) is 8.84. The van der Waals surface area contributed by atoms with E-state index >= 15 is 0 Å². The molecule has 0 unspecified atom stereocenters. The number of rotatable bonds is 3. The van der Waals surface area contributed by atoms with Crippen LogP contribution >= 0.6 is 0 Å². The third-order valence-electron chi connectivity index (χ3n) is 3.38. The molecule has 19 heavy (non-hydrogen) atoms. The summed E-state index contributed by atoms with van der Waals surface area (Å²) in [4.78, 5) is 11.0. The molecule has 1 aromatic rings. The normalized spacial score (nSPS) is 21.5. The summed E-state index contributed by atoms with van der Waals surface area (Å²) in [5.41, 5.74) is 0.862. The lowest BCUT2D eigenvalue weighted by atomic mass is 10.0. The third kappa shape index (κ3) is 2.50. The summed E-state index contributed by atoms with van der Waals surface area (Å²) in [5, 5.41) is 17.4. The van der Waals surface area contributed by atoms with Crippen LogP contribution < -0.4 is 5.11 Å². The van der Waals surface area contributed by atoms with Crippen LogP contribution in [0, 0.1) is 19.8 Å². The lowest BCUT2D eigenvalue weighted by Crippen LogP contribution is -2.46. The number of aryl methyl sites for hydroxylation is 2. The number of carbonyl (C=O) groups is 1. The standard InChI is InChI=1S/C11H17N3O4S/c1-7-10(8(2)13-12-7)19(17,18)14-5-3-4-9(6-14)11(15)16/h9H,3-6H2,1-2H3,(H,12,13)(H,15,16)/p-1/t9-/m1/s1. The molecule has 0 amide bonds. The molecule has 1 saturated heterocycles. The van der Waals surface area contributed by atoms with Crippen LogP contribution in [0.25, 0.3) is 0 Å². The second-order valence-electron chi connectivity index (χ2n) is 4.78. The highest BCUT2D eigenvalue weighted by Gasteiger charge is 2.33. The third-order valence-corrected chi connectivity index (χ3v) is 5.50. The molecule has 1 atom stereocenters. The number of hydrogen-bond donors (Lipinski definition) is 1. The van der Waals surface area contributed by atoms with E-state index in [1.54, 1.807) is 13.8 Å². The molecule has 0 bridgehead atoms. The zero-order valence-corrected chi connectivity index (χ0v) is 11.7. The number of aromatic nitrogens is 2. The Bertz CT molecular complexity index is 574. The molecule has 8 heteroatoms. The Balaban J connectivity index is 2.32. The summed E-state index contributed by atoms with van der Waals surface area (Å²) in [7, 11) is -3.70. The predicted molar refractivity (Wildman–Crippen MR) is 64.6 cm³/mol. The van der Waals surface area contributed by atoms with E-state index in [0.717, 1.165) is 0 Å². The lowest BCUT2D eigenvalue weighted by Gasteiger charge is -2.32. The highest BCUT2D eigenvalue weighted by molar-refractivity contribution is 7.89. The summed E-state index contributed by atoms with van der Waals surface area (Å²) in [6.45, 7) is 3.54. The Hall–Kier alpha value is -1.41. The van der Waals surface area contributed by atoms with Gasteiger partial charge in [0.15, 0.2) is 0 Å². The summed E-state index contributed by atoms with van der Waals surface area (Å²) < 4.78 is 26.2. The average Bonchev–Trinajstić information content (AvgIpc) is 2.69. The van der Waals surface area contributed by atoms with Gasteiger partial charge in [0.25, 0.3) is 0 Å². The van der Waals surface area contributed by atoms with E-state index in [1.807, 2.05) is 0 Å². The molecule has 1 N–H and O–H groups in total. The quantitative estimate of drug-likeness (QED) is 0.781. The van der Waals surface area contributed by atoms with Crippen molar-refractivity contribution in [3.05, 3.63) is 11.4 Å². The maximum atomic E-state index is 12.5. The number of aliphatic carboxylic acids is 1. The molecule has 2 heterocycles. The number of sulfonamides is 1. The number of carbonyl (C=O) groups excluding carboxylic acids is 1. The number of H-pyrrole nitrogens is 1. The minimum absolute atomic E-state index is 0.0330. The SMILES string of the molecule is Cc1n[nH]c(C)c1S(=O)(=O)N1CCC[C@@H](C(=O)[O-])C1. The van der Waals surface area contributed by atoms with Gasteiger partial charge in [0, 0.05) is 25.0 Å². The van der Waals surface area contributed by atoms with Crippen LogP contribution in [0.15, 0.2) is 4.90 Å². The van der Waals surface area contributed by atoms with Crippen LogP contribution in [-0.4, -0.2) is 42.0 Å². The monoisotopic (exact) mass is 286 g/mol. The summed E-state index contributed by atoms with van der Waals surface area (Å²) in [6, 6.07) is 0. The summed E-state index contributed by atoms with van der Waals surface area (Å²) in [6.07, 6.45) is 0.978. The largest absolute Gasteiger partial charge is 0.550 e. The molecule has 1 aliphatic heterocycles. The van der Waals surface area contributed by atoms with Gasteiger partial charge in [-0.1, -0.05) is 0 Å². The topological polar surface area (TPSA) is 106 Å². The molecule has 0 radical (unpaired) electrons. The fourth-order valence-electron chi connectivity index (χ4n) is 2.40. The van der Waals surface area contributed by atoms with Gasteiger partial charge in [0.1, 0.15) is 4.90 Å². The second kappa shape index (κ2) is 4.93. The van der Waals surface area contributed by atoms with Gasteiger partial charge in [-0.05, 0) is 26.7 Å². The van der Waals surface area contributed by atoms with Crippen LogP contribution in [0.2, 0.25) is 0 Å². The van der Waals surface area contributed by atoms with Gasteiger partial charge >= 0.3 is 0 Å². The van der Waals surface area contributed by atoms with Gasteiger partial charge in [-0.2, -0.15) is 9.40 Å². The van der Waals surface area contributed by atoms with Gasteiger partial charge in [-0.15, -0.1) is 0 Å². The van der Waals surface area contributed by atoms with Crippen molar-refractivity contribution in [2.24, 2.45) is 5.92 Å². The highest BCUT2D eigenvalue weighted by Crippen LogP contribution is 2.26. The van der Waals surface area contributed by atoms with Gasteiger partial charge in [-0.25, -0.2) is 8.42 Å². The summed E-state index contributed by atoms with van der Waals surface area (Å²) >= 11 is 0. The van der Waals surface area contributed by atoms with Crippen molar-refractivity contribution >= 4 is 16.0 Å². The molecule has 0 spiro atoms. The predicted octanol–water partition coefficient (Wildman–Crippen LogP) is -0.823. The van der Waals surface area contributed by atoms with Gasteiger partial charge in [0.05, 0.1) is 11.4 Å². The zero-order chi connectivity index (χ0) is 14.2. The molecular weight excluding hydrogens is 270 g/mol. The number of aromatic amines is 1. The molecule has 0 aromatic carbocycles. The minimum atomic E-state index is -3.70. The van der Waals surface area contributed by atoms with E-state index in [4.69, 9.17) is 0 Å². The number of hydrogen-bond acceptors (Lipinski definition) is 5. The molecule has 7 nitrogen and oxygen atoms in total. The first-order valence-electron chi connectivity index (χ1n) is 6.06. The van der Waals surface area contributed by atoms with E-state index in [2.05, 4.69) is 10.2 Å². The van der Waals surface area contributed by atoms with E-state index in [9.17, 15) is 18.3 Å². The van der Waals surface area contributed by atoms with Crippen LogP contribution in [0.4, 0.5) is 0 Å². The van der Waals surface area contributed by atoms with Crippen molar-refractivity contribution in [3.63, 3.8) is 0 Å². The average molecular weight is 286 g/mol. The Kier molecular flexibility index (Phi) is 3.64. The van der Waals surface area contributed by atoms with E-state index < -0.39 is 21.9 Å². The molecule has 0 aliphatic carbocycles. The molecule has 1 fully saturated rings. The fraction of sp³-hybridized carbons (Fsp3) is 0.636. The number of nitrogens with one attached hydrogen (secondary N) is 1. The van der Waals surface area contributed by atoms with Crippen LogP contribution in [0.1, 0.15) is 24.2 Å². The lowest BCUT2D eigenvalue weighted by molar-refractivity contribution is -0.312. The first kappa shape index (κ1) is 14.0. The Labute approximate surface area is 111 Å². The maximum Gasteiger partial charge on any atom is 0.246 e. The van der Waals surface area contributed by atoms with Gasteiger partial charge in [-0.3, -0.25) is 5.10 Å².